The number of ether oxygens (including phenoxy) is 1. The summed E-state index contributed by atoms with van der Waals surface area (Å²) in [5, 5.41) is 0. The van der Waals surface area contributed by atoms with E-state index >= 15 is 0 Å². The average Bonchev–Trinajstić information content (AvgIpc) is 2.20. The summed E-state index contributed by atoms with van der Waals surface area (Å²) in [7, 11) is 1.40. The highest BCUT2D eigenvalue weighted by Crippen LogP contribution is 2.27. The molecule has 82 valence electrons. The van der Waals surface area contributed by atoms with E-state index in [-0.39, 0.29) is 5.97 Å². The molecule has 0 amide bonds. The minimum absolute atomic E-state index is 0.244. The Morgan fingerprint density at radius 2 is 2.00 bits per heavy atom. The van der Waals surface area contributed by atoms with Gasteiger partial charge in [-0.05, 0) is 38.0 Å². The van der Waals surface area contributed by atoms with Crippen LogP contribution in [0.1, 0.15) is 25.0 Å². The van der Waals surface area contributed by atoms with Crippen molar-refractivity contribution in [1.29, 1.82) is 0 Å². The fraction of sp³-hybridized carbons (Fsp3) is 0.417. The molecule has 0 saturated heterocycles. The number of nitrogen functional groups attached to an aromatic ring is 1. The largest absolute Gasteiger partial charge is 0.468 e. The second-order valence-corrected chi connectivity index (χ2v) is 4.19. The Balaban J connectivity index is 3.16. The average molecular weight is 207 g/mol. The first kappa shape index (κ1) is 11.6. The number of esters is 1. The van der Waals surface area contributed by atoms with Gasteiger partial charge in [-0.1, -0.05) is 12.1 Å². The maximum atomic E-state index is 11.6. The zero-order chi connectivity index (χ0) is 11.6. The third kappa shape index (κ3) is 2.12. The summed E-state index contributed by atoms with van der Waals surface area (Å²) in [5.41, 5.74) is 7.72. The zero-order valence-corrected chi connectivity index (χ0v) is 9.63. The third-order valence-electron chi connectivity index (χ3n) is 2.69. The lowest BCUT2D eigenvalue weighted by Gasteiger charge is -2.22. The molecular formula is C12H17NO2. The van der Waals surface area contributed by atoms with E-state index in [0.717, 1.165) is 16.8 Å². The van der Waals surface area contributed by atoms with Crippen molar-refractivity contribution in [2.24, 2.45) is 0 Å². The number of rotatable bonds is 2. The Hall–Kier alpha value is -1.51. The first-order chi connectivity index (χ1) is 6.89. The lowest BCUT2D eigenvalue weighted by molar-refractivity contribution is -0.146. The van der Waals surface area contributed by atoms with Crippen molar-refractivity contribution in [1.82, 2.24) is 0 Å². The second-order valence-electron chi connectivity index (χ2n) is 4.19. The Labute approximate surface area is 90.2 Å². The number of methoxy groups -OCH3 is 1. The zero-order valence-electron chi connectivity index (χ0n) is 9.63. The molecule has 2 N–H and O–H groups in total. The molecule has 0 atom stereocenters. The van der Waals surface area contributed by atoms with E-state index in [1.165, 1.54) is 7.11 Å². The van der Waals surface area contributed by atoms with Crippen LogP contribution < -0.4 is 5.73 Å². The number of benzene rings is 1. The van der Waals surface area contributed by atoms with Gasteiger partial charge in [-0.3, -0.25) is 4.79 Å². The summed E-state index contributed by atoms with van der Waals surface area (Å²) in [4.78, 5) is 11.6. The van der Waals surface area contributed by atoms with Crippen molar-refractivity contribution < 1.29 is 9.53 Å². The SMILES string of the molecule is COC(=O)C(C)(C)c1ccc(N)c(C)c1. The molecule has 0 heterocycles. The fourth-order valence-electron chi connectivity index (χ4n) is 1.44. The number of hydrogen-bond acceptors (Lipinski definition) is 3. The van der Waals surface area contributed by atoms with Crippen LogP contribution in [0.2, 0.25) is 0 Å². The standard InChI is InChI=1S/C12H17NO2/c1-8-7-9(5-6-10(8)13)12(2,3)11(14)15-4/h5-7H,13H2,1-4H3. The van der Waals surface area contributed by atoms with Crippen molar-refractivity contribution in [3.8, 4) is 0 Å². The summed E-state index contributed by atoms with van der Waals surface area (Å²) in [6.07, 6.45) is 0. The highest BCUT2D eigenvalue weighted by Gasteiger charge is 2.30. The quantitative estimate of drug-likeness (QED) is 0.596. The van der Waals surface area contributed by atoms with E-state index in [1.54, 1.807) is 0 Å². The lowest BCUT2D eigenvalue weighted by Crippen LogP contribution is -2.30. The number of nitrogens with two attached hydrogens (primary N) is 1. The predicted octanol–water partition coefficient (Wildman–Crippen LogP) is 2.03. The first-order valence-electron chi connectivity index (χ1n) is 4.84. The molecule has 15 heavy (non-hydrogen) atoms. The van der Waals surface area contributed by atoms with Crippen molar-refractivity contribution in [2.75, 3.05) is 12.8 Å². The number of carbonyl (C=O) groups is 1. The molecule has 0 aliphatic carbocycles. The molecule has 0 fully saturated rings. The highest BCUT2D eigenvalue weighted by molar-refractivity contribution is 5.82. The summed E-state index contributed by atoms with van der Waals surface area (Å²) in [6, 6.07) is 5.60. The molecule has 1 rings (SSSR count). The number of hydrogen-bond donors (Lipinski definition) is 1. The van der Waals surface area contributed by atoms with E-state index in [2.05, 4.69) is 0 Å². The van der Waals surface area contributed by atoms with Gasteiger partial charge in [0.15, 0.2) is 0 Å². The Morgan fingerprint density at radius 1 is 1.40 bits per heavy atom. The Kier molecular flexibility index (Phi) is 3.03. The number of carbonyl (C=O) groups excluding carboxylic acids is 1. The van der Waals surface area contributed by atoms with Crippen molar-refractivity contribution in [2.45, 2.75) is 26.2 Å². The van der Waals surface area contributed by atoms with Gasteiger partial charge in [0, 0.05) is 5.69 Å². The summed E-state index contributed by atoms with van der Waals surface area (Å²) < 4.78 is 4.77. The minimum atomic E-state index is -0.632. The molecular weight excluding hydrogens is 190 g/mol. The molecule has 1 aromatic carbocycles. The van der Waals surface area contributed by atoms with Crippen molar-refractivity contribution >= 4 is 11.7 Å². The van der Waals surface area contributed by atoms with Crippen LogP contribution in [-0.2, 0) is 14.9 Å². The topological polar surface area (TPSA) is 52.3 Å². The van der Waals surface area contributed by atoms with Gasteiger partial charge in [-0.25, -0.2) is 0 Å². The Morgan fingerprint density at radius 3 is 2.47 bits per heavy atom. The van der Waals surface area contributed by atoms with Crippen LogP contribution in [0.5, 0.6) is 0 Å². The molecule has 0 saturated carbocycles. The van der Waals surface area contributed by atoms with Crippen molar-refractivity contribution in [3.05, 3.63) is 29.3 Å². The van der Waals surface area contributed by atoms with Crippen LogP contribution >= 0.6 is 0 Å². The first-order valence-corrected chi connectivity index (χ1v) is 4.84. The van der Waals surface area contributed by atoms with Crippen LogP contribution in [0, 0.1) is 6.92 Å². The van der Waals surface area contributed by atoms with Crippen LogP contribution in [-0.4, -0.2) is 13.1 Å². The van der Waals surface area contributed by atoms with Gasteiger partial charge in [0.1, 0.15) is 0 Å². The van der Waals surface area contributed by atoms with Gasteiger partial charge in [0.2, 0.25) is 0 Å². The van der Waals surface area contributed by atoms with Gasteiger partial charge in [-0.2, -0.15) is 0 Å². The monoisotopic (exact) mass is 207 g/mol. The maximum absolute atomic E-state index is 11.6. The van der Waals surface area contributed by atoms with E-state index < -0.39 is 5.41 Å². The van der Waals surface area contributed by atoms with E-state index in [4.69, 9.17) is 10.5 Å². The molecule has 0 spiro atoms. The number of anilines is 1. The fourth-order valence-corrected chi connectivity index (χ4v) is 1.44. The Bertz CT molecular complexity index is 383. The number of aryl methyl sites for hydroxylation is 1. The normalized spacial score (nSPS) is 11.2. The molecule has 0 aliphatic rings. The van der Waals surface area contributed by atoms with Gasteiger partial charge < -0.3 is 10.5 Å². The molecule has 3 heteroatoms. The molecule has 0 aromatic heterocycles. The van der Waals surface area contributed by atoms with Crippen LogP contribution in [0.3, 0.4) is 0 Å². The molecule has 0 unspecified atom stereocenters. The molecule has 0 radical (unpaired) electrons. The molecule has 3 nitrogen and oxygen atoms in total. The van der Waals surface area contributed by atoms with Gasteiger partial charge in [0.25, 0.3) is 0 Å². The maximum Gasteiger partial charge on any atom is 0.315 e. The summed E-state index contributed by atoms with van der Waals surface area (Å²) in [5.74, 6) is -0.244. The van der Waals surface area contributed by atoms with E-state index in [0.29, 0.717) is 0 Å². The van der Waals surface area contributed by atoms with Gasteiger partial charge in [0.05, 0.1) is 12.5 Å². The molecule has 0 bridgehead atoms. The van der Waals surface area contributed by atoms with Crippen molar-refractivity contribution in [3.63, 3.8) is 0 Å². The summed E-state index contributed by atoms with van der Waals surface area (Å²) in [6.45, 7) is 5.60. The molecule has 0 aliphatic heterocycles. The van der Waals surface area contributed by atoms with E-state index in [9.17, 15) is 4.79 Å². The second kappa shape index (κ2) is 3.93. The lowest BCUT2D eigenvalue weighted by atomic mass is 9.84. The summed E-state index contributed by atoms with van der Waals surface area (Å²) >= 11 is 0. The van der Waals surface area contributed by atoms with Crippen LogP contribution in [0.4, 0.5) is 5.69 Å². The predicted molar refractivity (Wildman–Crippen MR) is 60.6 cm³/mol. The van der Waals surface area contributed by atoms with Crippen LogP contribution in [0.15, 0.2) is 18.2 Å². The van der Waals surface area contributed by atoms with Crippen LogP contribution in [0.25, 0.3) is 0 Å². The smallest absolute Gasteiger partial charge is 0.315 e. The third-order valence-corrected chi connectivity index (χ3v) is 2.69. The van der Waals surface area contributed by atoms with E-state index in [1.807, 2.05) is 39.0 Å². The van der Waals surface area contributed by atoms with Gasteiger partial charge in [-0.15, -0.1) is 0 Å². The van der Waals surface area contributed by atoms with Gasteiger partial charge >= 0.3 is 5.97 Å². The minimum Gasteiger partial charge on any atom is -0.468 e. The molecule has 1 aromatic rings. The highest BCUT2D eigenvalue weighted by atomic mass is 16.5.